The average molecular weight is 355 g/mol. The highest BCUT2D eigenvalue weighted by molar-refractivity contribution is 6.00. The summed E-state index contributed by atoms with van der Waals surface area (Å²) in [6, 6.07) is 5.63. The maximum absolute atomic E-state index is 9.99. The van der Waals surface area contributed by atoms with Gasteiger partial charge >= 0.3 is 0 Å². The first-order chi connectivity index (χ1) is 12.3. The number of hydrazone groups is 1. The number of rotatable bonds is 4. The number of fused-ring (bicyclic) bond motifs is 1. The van der Waals surface area contributed by atoms with E-state index < -0.39 is 5.60 Å². The Morgan fingerprint density at radius 2 is 2.15 bits per heavy atom. The largest absolute Gasteiger partial charge is 0.389 e. The number of hydrogen-bond donors (Lipinski definition) is 1. The molecule has 136 valence electrons. The molecule has 0 fully saturated rings. The van der Waals surface area contributed by atoms with Crippen LogP contribution in [0.3, 0.4) is 0 Å². The molecule has 0 spiro atoms. The van der Waals surface area contributed by atoms with Crippen molar-refractivity contribution in [3.05, 3.63) is 24.0 Å². The molecule has 1 unspecified atom stereocenters. The minimum Gasteiger partial charge on any atom is -0.389 e. The van der Waals surface area contributed by atoms with Crippen molar-refractivity contribution in [3.8, 4) is 11.5 Å². The van der Waals surface area contributed by atoms with Crippen molar-refractivity contribution in [1.29, 1.82) is 0 Å². The fraction of sp³-hybridized carbons (Fsp3) is 0.471. The summed E-state index contributed by atoms with van der Waals surface area (Å²) in [7, 11) is 1.93. The Hall–Kier alpha value is -2.81. The molecule has 26 heavy (non-hydrogen) atoms. The molecule has 1 aliphatic rings. The van der Waals surface area contributed by atoms with Crippen LogP contribution in [0.1, 0.15) is 26.6 Å². The second-order valence-electron chi connectivity index (χ2n) is 7.41. The second kappa shape index (κ2) is 5.87. The zero-order valence-corrected chi connectivity index (χ0v) is 15.2. The van der Waals surface area contributed by atoms with Gasteiger partial charge in [-0.2, -0.15) is 10.1 Å². The van der Waals surface area contributed by atoms with Crippen molar-refractivity contribution in [3.63, 3.8) is 0 Å². The second-order valence-corrected chi connectivity index (χ2v) is 7.41. The van der Waals surface area contributed by atoms with Gasteiger partial charge in [-0.15, -0.1) is 5.10 Å². The van der Waals surface area contributed by atoms with Crippen LogP contribution in [0.5, 0.6) is 0 Å². The normalized spacial score (nSPS) is 18.0. The summed E-state index contributed by atoms with van der Waals surface area (Å²) in [5.74, 6) is 1.20. The van der Waals surface area contributed by atoms with E-state index in [9.17, 15) is 5.11 Å². The van der Waals surface area contributed by atoms with Crippen LogP contribution in [0.25, 0.3) is 22.5 Å². The first-order valence-corrected chi connectivity index (χ1v) is 8.50. The summed E-state index contributed by atoms with van der Waals surface area (Å²) in [5, 5.41) is 28.7. The average Bonchev–Trinajstić information content (AvgIpc) is 3.25. The Labute approximate surface area is 150 Å². The first-order valence-electron chi connectivity index (χ1n) is 8.50. The molecule has 0 saturated heterocycles. The lowest BCUT2D eigenvalue weighted by molar-refractivity contribution is 0.0585. The lowest BCUT2D eigenvalue weighted by Gasteiger charge is -2.16. The minimum absolute atomic E-state index is 0.259. The number of aliphatic hydroxyl groups is 1. The molecule has 1 aromatic carbocycles. The van der Waals surface area contributed by atoms with E-state index in [0.29, 0.717) is 23.8 Å². The number of benzene rings is 1. The fourth-order valence-electron chi connectivity index (χ4n) is 3.10. The lowest BCUT2D eigenvalue weighted by Crippen LogP contribution is -2.26. The quantitative estimate of drug-likeness (QED) is 0.756. The monoisotopic (exact) mass is 355 g/mol. The lowest BCUT2D eigenvalue weighted by atomic mass is 10.1. The van der Waals surface area contributed by atoms with E-state index in [1.165, 1.54) is 0 Å². The van der Waals surface area contributed by atoms with Crippen LogP contribution in [0.4, 0.5) is 0 Å². The number of hydrogen-bond acceptors (Lipinski definition) is 8. The van der Waals surface area contributed by atoms with Gasteiger partial charge in [-0.1, -0.05) is 17.3 Å². The van der Waals surface area contributed by atoms with Gasteiger partial charge in [0.25, 0.3) is 5.89 Å². The molecule has 1 N–H and O–H groups in total. The molecule has 0 saturated carbocycles. The van der Waals surface area contributed by atoms with Gasteiger partial charge in [0.15, 0.2) is 0 Å². The van der Waals surface area contributed by atoms with E-state index in [2.05, 4.69) is 32.5 Å². The third-order valence-electron chi connectivity index (χ3n) is 4.24. The van der Waals surface area contributed by atoms with Gasteiger partial charge in [-0.05, 0) is 32.0 Å². The van der Waals surface area contributed by atoms with Gasteiger partial charge in [0, 0.05) is 25.1 Å². The summed E-state index contributed by atoms with van der Waals surface area (Å²) in [4.78, 5) is 4.49. The molecule has 0 bridgehead atoms. The summed E-state index contributed by atoms with van der Waals surface area (Å²) in [6.07, 6.45) is 0. The maximum atomic E-state index is 9.99. The van der Waals surface area contributed by atoms with Crippen molar-refractivity contribution >= 4 is 16.7 Å². The van der Waals surface area contributed by atoms with Gasteiger partial charge in [-0.3, -0.25) is 5.01 Å². The summed E-state index contributed by atoms with van der Waals surface area (Å²) < 4.78 is 7.11. The predicted octanol–water partition coefficient (Wildman–Crippen LogP) is 1.54. The Morgan fingerprint density at radius 1 is 1.35 bits per heavy atom. The zero-order chi connectivity index (χ0) is 18.5. The standard InChI is InChI=1S/C17H21N7O2/c1-10-8-23(4)20-14(10)15-18-16(26-21-15)11-5-6-13-12(7-11)19-22-24(13)9-17(2,3)25/h5-7,10,25H,8-9H2,1-4H3. The molecule has 0 amide bonds. The highest BCUT2D eigenvalue weighted by Crippen LogP contribution is 2.24. The van der Waals surface area contributed by atoms with Crippen molar-refractivity contribution in [1.82, 2.24) is 30.1 Å². The highest BCUT2D eigenvalue weighted by atomic mass is 16.5. The minimum atomic E-state index is -0.869. The van der Waals surface area contributed by atoms with Crippen LogP contribution >= 0.6 is 0 Å². The van der Waals surface area contributed by atoms with E-state index in [1.807, 2.05) is 30.3 Å². The molecular weight excluding hydrogens is 334 g/mol. The third-order valence-corrected chi connectivity index (χ3v) is 4.24. The molecule has 1 aliphatic heterocycles. The van der Waals surface area contributed by atoms with Crippen LogP contribution in [0.15, 0.2) is 27.8 Å². The van der Waals surface area contributed by atoms with E-state index in [-0.39, 0.29) is 5.92 Å². The Morgan fingerprint density at radius 3 is 2.85 bits per heavy atom. The topological polar surface area (TPSA) is 105 Å². The van der Waals surface area contributed by atoms with Crippen LogP contribution in [0.2, 0.25) is 0 Å². The van der Waals surface area contributed by atoms with E-state index >= 15 is 0 Å². The first kappa shape index (κ1) is 16.6. The molecule has 4 rings (SSSR count). The van der Waals surface area contributed by atoms with Crippen LogP contribution in [-0.4, -0.2) is 60.2 Å². The van der Waals surface area contributed by atoms with Crippen LogP contribution in [-0.2, 0) is 6.54 Å². The Kier molecular flexibility index (Phi) is 3.76. The molecule has 9 nitrogen and oxygen atoms in total. The Bertz CT molecular complexity index is 983. The van der Waals surface area contributed by atoms with Crippen molar-refractivity contribution < 1.29 is 9.63 Å². The van der Waals surface area contributed by atoms with Gasteiger partial charge in [0.1, 0.15) is 11.2 Å². The zero-order valence-electron chi connectivity index (χ0n) is 15.2. The summed E-state index contributed by atoms with van der Waals surface area (Å²) in [5.41, 5.74) is 2.28. The van der Waals surface area contributed by atoms with Crippen molar-refractivity contribution in [2.24, 2.45) is 11.0 Å². The predicted molar refractivity (Wildman–Crippen MR) is 95.4 cm³/mol. The maximum Gasteiger partial charge on any atom is 0.258 e. The summed E-state index contributed by atoms with van der Waals surface area (Å²) in [6.45, 7) is 6.76. The van der Waals surface area contributed by atoms with Crippen LogP contribution in [0, 0.1) is 5.92 Å². The molecule has 3 aromatic rings. The molecule has 1 atom stereocenters. The van der Waals surface area contributed by atoms with Gasteiger partial charge in [0.2, 0.25) is 5.82 Å². The van der Waals surface area contributed by atoms with Crippen LogP contribution < -0.4 is 0 Å². The summed E-state index contributed by atoms with van der Waals surface area (Å²) >= 11 is 0. The molecule has 2 aromatic heterocycles. The highest BCUT2D eigenvalue weighted by Gasteiger charge is 2.26. The van der Waals surface area contributed by atoms with E-state index in [1.54, 1.807) is 18.5 Å². The fourth-order valence-corrected chi connectivity index (χ4v) is 3.10. The number of aromatic nitrogens is 5. The molecule has 0 aliphatic carbocycles. The molecule has 3 heterocycles. The van der Waals surface area contributed by atoms with Gasteiger partial charge in [-0.25, -0.2) is 4.68 Å². The van der Waals surface area contributed by atoms with E-state index in [0.717, 1.165) is 23.3 Å². The van der Waals surface area contributed by atoms with Crippen molar-refractivity contribution in [2.75, 3.05) is 13.6 Å². The Balaban J connectivity index is 1.65. The molecule has 0 radical (unpaired) electrons. The van der Waals surface area contributed by atoms with Crippen molar-refractivity contribution in [2.45, 2.75) is 32.9 Å². The smallest absolute Gasteiger partial charge is 0.258 e. The molecular formula is C17H21N7O2. The third kappa shape index (κ3) is 3.05. The number of nitrogens with zero attached hydrogens (tertiary/aromatic N) is 7. The van der Waals surface area contributed by atoms with Gasteiger partial charge < -0.3 is 9.63 Å². The van der Waals surface area contributed by atoms with Gasteiger partial charge in [0.05, 0.1) is 17.7 Å². The SMILES string of the molecule is CC1CN(C)N=C1c1noc(-c2ccc3c(c2)nnn3CC(C)(C)O)n1. The molecule has 9 heteroatoms. The van der Waals surface area contributed by atoms with E-state index in [4.69, 9.17) is 4.52 Å².